The maximum atomic E-state index is 14.1. The first-order valence-corrected chi connectivity index (χ1v) is 11.1. The van der Waals surface area contributed by atoms with Gasteiger partial charge < -0.3 is 5.32 Å². The molecular formula is C23H18BrFN2O2S. The fourth-order valence-electron chi connectivity index (χ4n) is 3.36. The molecule has 1 atom stereocenters. The van der Waals surface area contributed by atoms with Gasteiger partial charge in [-0.15, -0.1) is 11.8 Å². The van der Waals surface area contributed by atoms with E-state index in [2.05, 4.69) is 21.2 Å². The zero-order valence-corrected chi connectivity index (χ0v) is 18.5. The summed E-state index contributed by atoms with van der Waals surface area (Å²) in [6, 6.07) is 19.3. The molecule has 0 spiro atoms. The van der Waals surface area contributed by atoms with E-state index in [-0.39, 0.29) is 23.0 Å². The average Bonchev–Trinajstić information content (AvgIpc) is 3.12. The maximum absolute atomic E-state index is 14.1. The lowest BCUT2D eigenvalue weighted by Gasteiger charge is -2.26. The van der Waals surface area contributed by atoms with Crippen LogP contribution in [0.4, 0.5) is 15.8 Å². The second-order valence-corrected chi connectivity index (χ2v) is 8.88. The summed E-state index contributed by atoms with van der Waals surface area (Å²) in [4.78, 5) is 26.8. The van der Waals surface area contributed by atoms with Crippen LogP contribution in [0.2, 0.25) is 0 Å². The SMILES string of the molecule is Cc1c(F)cccc1N1C(=O)CSC1c1cccc(NC(=O)c2ccc(Br)cc2)c1. The molecule has 3 aromatic carbocycles. The Balaban J connectivity index is 1.61. The first-order valence-electron chi connectivity index (χ1n) is 9.29. The van der Waals surface area contributed by atoms with E-state index in [9.17, 15) is 14.0 Å². The molecule has 7 heteroatoms. The molecule has 152 valence electrons. The van der Waals surface area contributed by atoms with Gasteiger partial charge >= 0.3 is 0 Å². The molecule has 2 amide bonds. The number of carbonyl (C=O) groups is 2. The molecule has 4 nitrogen and oxygen atoms in total. The normalized spacial score (nSPS) is 16.0. The predicted octanol–water partition coefficient (Wildman–Crippen LogP) is 5.93. The number of anilines is 2. The summed E-state index contributed by atoms with van der Waals surface area (Å²) in [6.45, 7) is 1.67. The summed E-state index contributed by atoms with van der Waals surface area (Å²) >= 11 is 4.84. The number of hydrogen-bond donors (Lipinski definition) is 1. The Labute approximate surface area is 186 Å². The summed E-state index contributed by atoms with van der Waals surface area (Å²) in [5.74, 6) is -0.307. The largest absolute Gasteiger partial charge is 0.322 e. The number of amides is 2. The maximum Gasteiger partial charge on any atom is 0.255 e. The molecule has 1 aliphatic heterocycles. The lowest BCUT2D eigenvalue weighted by molar-refractivity contribution is -0.115. The van der Waals surface area contributed by atoms with Gasteiger partial charge in [-0.05, 0) is 61.0 Å². The number of hydrogen-bond acceptors (Lipinski definition) is 3. The summed E-state index contributed by atoms with van der Waals surface area (Å²) in [5, 5.41) is 2.61. The second-order valence-electron chi connectivity index (χ2n) is 6.90. The van der Waals surface area contributed by atoms with Gasteiger partial charge in [-0.3, -0.25) is 14.5 Å². The van der Waals surface area contributed by atoms with Gasteiger partial charge in [0.2, 0.25) is 5.91 Å². The van der Waals surface area contributed by atoms with E-state index < -0.39 is 0 Å². The standard InChI is InChI=1S/C23H18BrFN2O2S/c1-14-19(25)6-3-7-20(14)27-21(28)13-30-23(27)16-4-2-5-18(12-16)26-22(29)15-8-10-17(24)11-9-15/h2-12,23H,13H2,1H3,(H,26,29). The van der Waals surface area contributed by atoms with Crippen molar-refractivity contribution in [2.45, 2.75) is 12.3 Å². The number of nitrogens with zero attached hydrogens (tertiary/aromatic N) is 1. The van der Waals surface area contributed by atoms with E-state index in [0.29, 0.717) is 28.3 Å². The van der Waals surface area contributed by atoms with Crippen LogP contribution in [-0.2, 0) is 4.79 Å². The zero-order chi connectivity index (χ0) is 21.3. The van der Waals surface area contributed by atoms with Gasteiger partial charge in [0, 0.05) is 21.3 Å². The highest BCUT2D eigenvalue weighted by Gasteiger charge is 2.35. The van der Waals surface area contributed by atoms with Crippen molar-refractivity contribution >= 4 is 50.9 Å². The minimum absolute atomic E-state index is 0.0667. The van der Waals surface area contributed by atoms with Crippen LogP contribution in [0, 0.1) is 12.7 Å². The number of thioether (sulfide) groups is 1. The highest BCUT2D eigenvalue weighted by Crippen LogP contribution is 2.43. The Kier molecular flexibility index (Phi) is 5.92. The number of halogens is 2. The molecule has 1 heterocycles. The number of carbonyl (C=O) groups excluding carboxylic acids is 2. The molecule has 30 heavy (non-hydrogen) atoms. The van der Waals surface area contributed by atoms with Crippen LogP contribution in [-0.4, -0.2) is 17.6 Å². The first kappa shape index (κ1) is 20.6. The van der Waals surface area contributed by atoms with Crippen LogP contribution in [0.1, 0.15) is 26.9 Å². The van der Waals surface area contributed by atoms with E-state index >= 15 is 0 Å². The highest BCUT2D eigenvalue weighted by molar-refractivity contribution is 9.10. The van der Waals surface area contributed by atoms with E-state index in [1.54, 1.807) is 42.2 Å². The van der Waals surface area contributed by atoms with Gasteiger partial charge in [-0.2, -0.15) is 0 Å². The van der Waals surface area contributed by atoms with Crippen molar-refractivity contribution < 1.29 is 14.0 Å². The molecule has 0 aromatic heterocycles. The molecule has 1 saturated heterocycles. The molecular weight excluding hydrogens is 467 g/mol. The van der Waals surface area contributed by atoms with Crippen molar-refractivity contribution in [2.24, 2.45) is 0 Å². The van der Waals surface area contributed by atoms with E-state index in [0.717, 1.165) is 10.0 Å². The van der Waals surface area contributed by atoms with Crippen LogP contribution in [0.3, 0.4) is 0 Å². The number of benzene rings is 3. The first-order chi connectivity index (χ1) is 14.4. The van der Waals surface area contributed by atoms with Gasteiger partial charge in [0.05, 0.1) is 11.4 Å². The lowest BCUT2D eigenvalue weighted by Crippen LogP contribution is -2.28. The highest BCUT2D eigenvalue weighted by atomic mass is 79.9. The van der Waals surface area contributed by atoms with Gasteiger partial charge in [-0.1, -0.05) is 34.1 Å². The van der Waals surface area contributed by atoms with Crippen LogP contribution < -0.4 is 10.2 Å². The predicted molar refractivity (Wildman–Crippen MR) is 122 cm³/mol. The Morgan fingerprint density at radius 2 is 1.87 bits per heavy atom. The lowest BCUT2D eigenvalue weighted by atomic mass is 10.1. The summed E-state index contributed by atoms with van der Waals surface area (Å²) in [7, 11) is 0. The fourth-order valence-corrected chi connectivity index (χ4v) is 4.79. The number of nitrogens with one attached hydrogen (secondary N) is 1. The average molecular weight is 485 g/mol. The minimum atomic E-state index is -0.341. The zero-order valence-electron chi connectivity index (χ0n) is 16.1. The van der Waals surface area contributed by atoms with Gasteiger partial charge in [-0.25, -0.2) is 4.39 Å². The molecule has 0 bridgehead atoms. The molecule has 0 saturated carbocycles. The van der Waals surface area contributed by atoms with Crippen molar-refractivity contribution in [2.75, 3.05) is 16.0 Å². The van der Waals surface area contributed by atoms with Crippen LogP contribution >= 0.6 is 27.7 Å². The summed E-state index contributed by atoms with van der Waals surface area (Å²) in [5.41, 5.74) is 3.06. The Bertz CT molecular complexity index is 1120. The van der Waals surface area contributed by atoms with E-state index in [4.69, 9.17) is 0 Å². The third kappa shape index (κ3) is 4.13. The molecule has 4 rings (SSSR count). The summed E-state index contributed by atoms with van der Waals surface area (Å²) in [6.07, 6.45) is 0. The monoisotopic (exact) mass is 484 g/mol. The van der Waals surface area contributed by atoms with Gasteiger partial charge in [0.25, 0.3) is 5.91 Å². The quantitative estimate of drug-likeness (QED) is 0.499. The molecule has 1 unspecified atom stereocenters. The summed E-state index contributed by atoms with van der Waals surface area (Å²) < 4.78 is 15.0. The molecule has 1 fully saturated rings. The van der Waals surface area contributed by atoms with E-state index in [1.165, 1.54) is 17.8 Å². The minimum Gasteiger partial charge on any atom is -0.322 e. The number of rotatable bonds is 4. The van der Waals surface area contributed by atoms with Crippen LogP contribution in [0.15, 0.2) is 71.2 Å². The smallest absolute Gasteiger partial charge is 0.255 e. The Morgan fingerprint density at radius 1 is 1.13 bits per heavy atom. The fraction of sp³-hybridized carbons (Fsp3) is 0.130. The van der Waals surface area contributed by atoms with Crippen molar-refractivity contribution in [1.29, 1.82) is 0 Å². The Morgan fingerprint density at radius 3 is 2.63 bits per heavy atom. The molecule has 1 aliphatic rings. The van der Waals surface area contributed by atoms with Crippen LogP contribution in [0.5, 0.6) is 0 Å². The Hall–Kier alpha value is -2.64. The third-order valence-electron chi connectivity index (χ3n) is 4.90. The van der Waals surface area contributed by atoms with Gasteiger partial charge in [0.1, 0.15) is 11.2 Å². The van der Waals surface area contributed by atoms with E-state index in [1.807, 2.05) is 30.3 Å². The third-order valence-corrected chi connectivity index (χ3v) is 6.64. The molecule has 1 N–H and O–H groups in total. The molecule has 0 radical (unpaired) electrons. The topological polar surface area (TPSA) is 49.4 Å². The molecule has 0 aliphatic carbocycles. The second kappa shape index (κ2) is 8.62. The van der Waals surface area contributed by atoms with Crippen LogP contribution in [0.25, 0.3) is 0 Å². The van der Waals surface area contributed by atoms with Crippen molar-refractivity contribution in [3.05, 3.63) is 93.7 Å². The van der Waals surface area contributed by atoms with Gasteiger partial charge in [0.15, 0.2) is 0 Å². The van der Waals surface area contributed by atoms with Crippen molar-refractivity contribution in [1.82, 2.24) is 0 Å². The van der Waals surface area contributed by atoms with Crippen molar-refractivity contribution in [3.63, 3.8) is 0 Å². The molecule has 3 aromatic rings. The van der Waals surface area contributed by atoms with Crippen molar-refractivity contribution in [3.8, 4) is 0 Å².